The first-order valence-corrected chi connectivity index (χ1v) is 9.17. The van der Waals surface area contributed by atoms with Gasteiger partial charge in [0, 0.05) is 12.1 Å². The molecule has 0 amide bonds. The summed E-state index contributed by atoms with van der Waals surface area (Å²) in [5, 5.41) is 4.07. The van der Waals surface area contributed by atoms with E-state index in [9.17, 15) is 0 Å². The standard InChI is InChI=1S/C20H31N/c1-2-16-9-8-12-18(15-16)21-20-14-7-6-13-19(20)17-10-4-3-5-11-17/h3-5,10-11,16,18-21H,2,6-9,12-15H2,1H3. The van der Waals surface area contributed by atoms with Crippen molar-refractivity contribution in [3.63, 3.8) is 0 Å². The Labute approximate surface area is 130 Å². The summed E-state index contributed by atoms with van der Waals surface area (Å²) in [6.07, 6.45) is 12.6. The Morgan fingerprint density at radius 1 is 0.952 bits per heavy atom. The van der Waals surface area contributed by atoms with Gasteiger partial charge in [0.1, 0.15) is 0 Å². The predicted molar refractivity (Wildman–Crippen MR) is 90.6 cm³/mol. The van der Waals surface area contributed by atoms with Crippen LogP contribution in [0.4, 0.5) is 0 Å². The summed E-state index contributed by atoms with van der Waals surface area (Å²) in [6, 6.07) is 12.7. The molecule has 4 unspecified atom stereocenters. The Morgan fingerprint density at radius 3 is 2.57 bits per heavy atom. The highest BCUT2D eigenvalue weighted by Crippen LogP contribution is 2.35. The lowest BCUT2D eigenvalue weighted by Crippen LogP contribution is -2.45. The normalized spacial score (nSPS) is 33.8. The van der Waals surface area contributed by atoms with Gasteiger partial charge in [-0.2, -0.15) is 0 Å². The fourth-order valence-corrected chi connectivity index (χ4v) is 4.55. The number of rotatable bonds is 4. The van der Waals surface area contributed by atoms with Gasteiger partial charge >= 0.3 is 0 Å². The lowest BCUT2D eigenvalue weighted by Gasteiger charge is -2.38. The van der Waals surface area contributed by atoms with E-state index in [-0.39, 0.29) is 0 Å². The Bertz CT molecular complexity index is 413. The minimum Gasteiger partial charge on any atom is -0.311 e. The molecule has 1 heteroatoms. The molecule has 2 fully saturated rings. The molecule has 0 aliphatic heterocycles. The molecule has 1 aromatic carbocycles. The van der Waals surface area contributed by atoms with Crippen LogP contribution in [0.25, 0.3) is 0 Å². The molecule has 2 aliphatic rings. The van der Waals surface area contributed by atoms with Gasteiger partial charge in [-0.25, -0.2) is 0 Å². The van der Waals surface area contributed by atoms with E-state index in [0.717, 1.165) is 17.9 Å². The molecule has 2 aliphatic carbocycles. The second-order valence-corrected chi connectivity index (χ2v) is 7.21. The quantitative estimate of drug-likeness (QED) is 0.794. The third kappa shape index (κ3) is 3.88. The van der Waals surface area contributed by atoms with Crippen molar-refractivity contribution in [1.29, 1.82) is 0 Å². The van der Waals surface area contributed by atoms with Crippen LogP contribution in [-0.2, 0) is 0 Å². The Balaban J connectivity index is 1.64. The molecule has 2 saturated carbocycles. The molecule has 0 bridgehead atoms. The first kappa shape index (κ1) is 15.1. The summed E-state index contributed by atoms with van der Waals surface area (Å²) < 4.78 is 0. The van der Waals surface area contributed by atoms with Crippen LogP contribution in [0.3, 0.4) is 0 Å². The maximum Gasteiger partial charge on any atom is 0.0138 e. The van der Waals surface area contributed by atoms with E-state index < -0.39 is 0 Å². The molecule has 0 aromatic heterocycles. The topological polar surface area (TPSA) is 12.0 Å². The van der Waals surface area contributed by atoms with E-state index in [0.29, 0.717) is 6.04 Å². The number of hydrogen-bond donors (Lipinski definition) is 1. The average Bonchev–Trinajstić information content (AvgIpc) is 2.56. The summed E-state index contributed by atoms with van der Waals surface area (Å²) in [7, 11) is 0. The molecule has 1 N–H and O–H groups in total. The van der Waals surface area contributed by atoms with Crippen LogP contribution in [0.5, 0.6) is 0 Å². The third-order valence-electron chi connectivity index (χ3n) is 5.80. The SMILES string of the molecule is CCC1CCCC(NC2CCCCC2c2ccccc2)C1. The molecular weight excluding hydrogens is 254 g/mol. The average molecular weight is 285 g/mol. The molecule has 116 valence electrons. The Hall–Kier alpha value is -0.820. The first-order chi connectivity index (χ1) is 10.4. The molecule has 0 radical (unpaired) electrons. The summed E-state index contributed by atoms with van der Waals surface area (Å²) in [4.78, 5) is 0. The second kappa shape index (κ2) is 7.45. The zero-order valence-electron chi connectivity index (χ0n) is 13.6. The van der Waals surface area contributed by atoms with Gasteiger partial charge in [-0.15, -0.1) is 0 Å². The molecule has 3 rings (SSSR count). The molecule has 0 spiro atoms. The van der Waals surface area contributed by atoms with Crippen LogP contribution in [0.1, 0.15) is 76.2 Å². The van der Waals surface area contributed by atoms with E-state index in [1.807, 2.05) is 0 Å². The van der Waals surface area contributed by atoms with Gasteiger partial charge in [-0.1, -0.05) is 69.4 Å². The summed E-state index contributed by atoms with van der Waals surface area (Å²) in [6.45, 7) is 2.36. The van der Waals surface area contributed by atoms with Gasteiger partial charge in [0.25, 0.3) is 0 Å². The molecule has 1 nitrogen and oxygen atoms in total. The smallest absolute Gasteiger partial charge is 0.0138 e. The van der Waals surface area contributed by atoms with Crippen LogP contribution in [-0.4, -0.2) is 12.1 Å². The van der Waals surface area contributed by atoms with Crippen LogP contribution in [0, 0.1) is 5.92 Å². The van der Waals surface area contributed by atoms with Crippen LogP contribution >= 0.6 is 0 Å². The molecule has 1 aromatic rings. The van der Waals surface area contributed by atoms with Crippen molar-refractivity contribution < 1.29 is 0 Å². The van der Waals surface area contributed by atoms with E-state index in [4.69, 9.17) is 0 Å². The highest BCUT2D eigenvalue weighted by molar-refractivity contribution is 5.22. The number of hydrogen-bond acceptors (Lipinski definition) is 1. The van der Waals surface area contributed by atoms with Crippen LogP contribution in [0.15, 0.2) is 30.3 Å². The first-order valence-electron chi connectivity index (χ1n) is 9.17. The van der Waals surface area contributed by atoms with Gasteiger partial charge in [0.05, 0.1) is 0 Å². The van der Waals surface area contributed by atoms with Crippen molar-refractivity contribution in [1.82, 2.24) is 5.32 Å². The highest BCUT2D eigenvalue weighted by atomic mass is 15.0. The predicted octanol–water partition coefficient (Wildman–Crippen LogP) is 5.27. The molecular formula is C20H31N. The zero-order valence-corrected chi connectivity index (χ0v) is 13.6. The maximum atomic E-state index is 4.07. The molecule has 0 heterocycles. The largest absolute Gasteiger partial charge is 0.311 e. The second-order valence-electron chi connectivity index (χ2n) is 7.21. The number of nitrogens with one attached hydrogen (secondary N) is 1. The monoisotopic (exact) mass is 285 g/mol. The third-order valence-corrected chi connectivity index (χ3v) is 5.80. The van der Waals surface area contributed by atoms with Crippen molar-refractivity contribution in [2.24, 2.45) is 5.92 Å². The summed E-state index contributed by atoms with van der Waals surface area (Å²) in [5.74, 6) is 1.71. The lowest BCUT2D eigenvalue weighted by atomic mass is 9.78. The zero-order chi connectivity index (χ0) is 14.5. The highest BCUT2D eigenvalue weighted by Gasteiger charge is 2.29. The molecule has 0 saturated heterocycles. The fraction of sp³-hybridized carbons (Fsp3) is 0.700. The van der Waals surface area contributed by atoms with Gasteiger partial charge < -0.3 is 5.32 Å². The van der Waals surface area contributed by atoms with Gasteiger partial charge in [-0.05, 0) is 43.1 Å². The van der Waals surface area contributed by atoms with Crippen molar-refractivity contribution in [3.05, 3.63) is 35.9 Å². The Morgan fingerprint density at radius 2 is 1.76 bits per heavy atom. The van der Waals surface area contributed by atoms with E-state index in [2.05, 4.69) is 42.6 Å². The minimum atomic E-state index is 0.710. The summed E-state index contributed by atoms with van der Waals surface area (Å²) in [5.41, 5.74) is 1.55. The van der Waals surface area contributed by atoms with E-state index >= 15 is 0 Å². The number of benzene rings is 1. The molecule has 4 atom stereocenters. The van der Waals surface area contributed by atoms with E-state index in [1.54, 1.807) is 5.56 Å². The van der Waals surface area contributed by atoms with Crippen molar-refractivity contribution in [3.8, 4) is 0 Å². The van der Waals surface area contributed by atoms with Crippen LogP contribution in [0.2, 0.25) is 0 Å². The van der Waals surface area contributed by atoms with Gasteiger partial charge in [-0.3, -0.25) is 0 Å². The van der Waals surface area contributed by atoms with Gasteiger partial charge in [0.15, 0.2) is 0 Å². The molecule has 21 heavy (non-hydrogen) atoms. The van der Waals surface area contributed by atoms with E-state index in [1.165, 1.54) is 57.8 Å². The van der Waals surface area contributed by atoms with Crippen LogP contribution < -0.4 is 5.32 Å². The van der Waals surface area contributed by atoms with Crippen molar-refractivity contribution in [2.75, 3.05) is 0 Å². The maximum absolute atomic E-state index is 4.07. The Kier molecular flexibility index (Phi) is 5.35. The lowest BCUT2D eigenvalue weighted by molar-refractivity contribution is 0.228. The van der Waals surface area contributed by atoms with Crippen molar-refractivity contribution in [2.45, 2.75) is 82.7 Å². The van der Waals surface area contributed by atoms with Crippen molar-refractivity contribution >= 4 is 0 Å². The van der Waals surface area contributed by atoms with Gasteiger partial charge in [0.2, 0.25) is 0 Å². The fourth-order valence-electron chi connectivity index (χ4n) is 4.55. The summed E-state index contributed by atoms with van der Waals surface area (Å²) >= 11 is 0. The minimum absolute atomic E-state index is 0.710.